The standard InChI is InChI=1S/C19H19ClFNO2/c1-19(2)12-24-17(14-4-3-5-15(20)10-14)11-22(19)18(23)13-6-8-16(21)9-7-13/h3-10,17H,11-12H2,1-2H3. The Bertz CT molecular complexity index is 745. The van der Waals surface area contributed by atoms with Gasteiger partial charge in [0, 0.05) is 10.6 Å². The molecule has 1 fully saturated rings. The fraction of sp³-hybridized carbons (Fsp3) is 0.316. The largest absolute Gasteiger partial charge is 0.369 e. The van der Waals surface area contributed by atoms with Crippen molar-refractivity contribution in [1.29, 1.82) is 0 Å². The molecule has 2 aromatic carbocycles. The summed E-state index contributed by atoms with van der Waals surface area (Å²) in [6, 6.07) is 13.1. The van der Waals surface area contributed by atoms with Crippen molar-refractivity contribution in [2.75, 3.05) is 13.2 Å². The Hall–Kier alpha value is -1.91. The quantitative estimate of drug-likeness (QED) is 0.802. The number of carbonyl (C=O) groups excluding carboxylic acids is 1. The number of hydrogen-bond acceptors (Lipinski definition) is 2. The summed E-state index contributed by atoms with van der Waals surface area (Å²) >= 11 is 6.06. The summed E-state index contributed by atoms with van der Waals surface area (Å²) < 4.78 is 19.1. The molecular weight excluding hydrogens is 329 g/mol. The lowest BCUT2D eigenvalue weighted by molar-refractivity contribution is -0.0846. The van der Waals surface area contributed by atoms with Crippen molar-refractivity contribution in [3.63, 3.8) is 0 Å². The first kappa shape index (κ1) is 16.9. The van der Waals surface area contributed by atoms with E-state index < -0.39 is 5.54 Å². The monoisotopic (exact) mass is 347 g/mol. The lowest BCUT2D eigenvalue weighted by Gasteiger charge is -2.45. The molecular formula is C19H19ClFNO2. The molecule has 24 heavy (non-hydrogen) atoms. The molecule has 1 heterocycles. The second kappa shape index (κ2) is 6.54. The van der Waals surface area contributed by atoms with Crippen molar-refractivity contribution < 1.29 is 13.9 Å². The van der Waals surface area contributed by atoms with Gasteiger partial charge >= 0.3 is 0 Å². The molecule has 3 nitrogen and oxygen atoms in total. The zero-order valence-corrected chi connectivity index (χ0v) is 14.4. The number of nitrogens with zero attached hydrogens (tertiary/aromatic N) is 1. The average molecular weight is 348 g/mol. The number of amides is 1. The second-order valence-corrected chi connectivity index (χ2v) is 7.03. The molecule has 1 aliphatic heterocycles. The van der Waals surface area contributed by atoms with Crippen molar-refractivity contribution in [3.05, 3.63) is 70.5 Å². The topological polar surface area (TPSA) is 29.5 Å². The number of carbonyl (C=O) groups is 1. The molecule has 5 heteroatoms. The lowest BCUT2D eigenvalue weighted by Crippen LogP contribution is -2.56. The molecule has 1 aliphatic rings. The molecule has 2 aromatic rings. The van der Waals surface area contributed by atoms with Crippen LogP contribution in [0.3, 0.4) is 0 Å². The van der Waals surface area contributed by atoms with Crippen LogP contribution in [0.25, 0.3) is 0 Å². The molecule has 1 saturated heterocycles. The summed E-state index contributed by atoms with van der Waals surface area (Å²) in [7, 11) is 0. The zero-order chi connectivity index (χ0) is 17.3. The highest BCUT2D eigenvalue weighted by atomic mass is 35.5. The molecule has 0 spiro atoms. The first-order valence-corrected chi connectivity index (χ1v) is 8.19. The molecule has 0 bridgehead atoms. The Morgan fingerprint density at radius 3 is 2.62 bits per heavy atom. The summed E-state index contributed by atoms with van der Waals surface area (Å²) in [5, 5.41) is 0.636. The molecule has 0 N–H and O–H groups in total. The highest BCUT2D eigenvalue weighted by Crippen LogP contribution is 2.32. The molecule has 1 unspecified atom stereocenters. The van der Waals surface area contributed by atoms with Gasteiger partial charge in [-0.15, -0.1) is 0 Å². The molecule has 0 radical (unpaired) electrons. The van der Waals surface area contributed by atoms with Crippen LogP contribution in [-0.2, 0) is 4.74 Å². The fourth-order valence-electron chi connectivity index (χ4n) is 2.86. The van der Waals surface area contributed by atoms with Gasteiger partial charge in [0.25, 0.3) is 5.91 Å². The molecule has 126 valence electrons. The van der Waals surface area contributed by atoms with Crippen LogP contribution in [-0.4, -0.2) is 29.5 Å². The van der Waals surface area contributed by atoms with Gasteiger partial charge in [-0.2, -0.15) is 0 Å². The maximum Gasteiger partial charge on any atom is 0.254 e. The Balaban J connectivity index is 1.86. The zero-order valence-electron chi connectivity index (χ0n) is 13.6. The van der Waals surface area contributed by atoms with E-state index in [0.29, 0.717) is 23.7 Å². The number of rotatable bonds is 2. The third-order valence-corrected chi connectivity index (χ3v) is 4.51. The predicted molar refractivity (Wildman–Crippen MR) is 91.7 cm³/mol. The predicted octanol–water partition coefficient (Wildman–Crippen LogP) is 4.47. The third-order valence-electron chi connectivity index (χ3n) is 4.27. The summed E-state index contributed by atoms with van der Waals surface area (Å²) in [6.45, 7) is 4.76. The van der Waals surface area contributed by atoms with Crippen LogP contribution in [0.15, 0.2) is 48.5 Å². The van der Waals surface area contributed by atoms with Gasteiger partial charge in [-0.3, -0.25) is 4.79 Å². The van der Waals surface area contributed by atoms with Crippen LogP contribution in [0.2, 0.25) is 5.02 Å². The van der Waals surface area contributed by atoms with E-state index >= 15 is 0 Å². The fourth-order valence-corrected chi connectivity index (χ4v) is 3.06. The summed E-state index contributed by atoms with van der Waals surface area (Å²) in [6.07, 6.45) is -0.235. The number of halogens is 2. The number of ether oxygens (including phenoxy) is 1. The number of benzene rings is 2. The maximum atomic E-state index is 13.1. The van der Waals surface area contributed by atoms with E-state index in [9.17, 15) is 9.18 Å². The summed E-state index contributed by atoms with van der Waals surface area (Å²) in [5.74, 6) is -0.486. The van der Waals surface area contributed by atoms with Crippen LogP contribution >= 0.6 is 11.6 Å². The third kappa shape index (κ3) is 3.45. The lowest BCUT2D eigenvalue weighted by atomic mass is 9.97. The summed E-state index contributed by atoms with van der Waals surface area (Å²) in [4.78, 5) is 14.7. The normalized spacial score (nSPS) is 20.0. The van der Waals surface area contributed by atoms with Crippen molar-refractivity contribution >= 4 is 17.5 Å². The van der Waals surface area contributed by atoms with Gasteiger partial charge in [-0.25, -0.2) is 4.39 Å². The van der Waals surface area contributed by atoms with Crippen LogP contribution in [0.1, 0.15) is 35.9 Å². The van der Waals surface area contributed by atoms with Gasteiger partial charge in [-0.05, 0) is 55.8 Å². The van der Waals surface area contributed by atoms with E-state index in [-0.39, 0.29) is 17.8 Å². The van der Waals surface area contributed by atoms with E-state index in [1.54, 1.807) is 11.0 Å². The molecule has 0 aromatic heterocycles. The molecule has 0 saturated carbocycles. The number of morpholine rings is 1. The first-order valence-electron chi connectivity index (χ1n) is 7.81. The average Bonchev–Trinajstić information content (AvgIpc) is 2.55. The first-order chi connectivity index (χ1) is 11.4. The van der Waals surface area contributed by atoms with Crippen LogP contribution < -0.4 is 0 Å². The smallest absolute Gasteiger partial charge is 0.254 e. The maximum absolute atomic E-state index is 13.1. The second-order valence-electron chi connectivity index (χ2n) is 6.59. The van der Waals surface area contributed by atoms with Gasteiger partial charge in [0.15, 0.2) is 0 Å². The van der Waals surface area contributed by atoms with E-state index in [0.717, 1.165) is 5.56 Å². The minimum absolute atomic E-state index is 0.129. The van der Waals surface area contributed by atoms with Crippen molar-refractivity contribution in [3.8, 4) is 0 Å². The highest BCUT2D eigenvalue weighted by molar-refractivity contribution is 6.30. The number of hydrogen-bond donors (Lipinski definition) is 0. The minimum Gasteiger partial charge on any atom is -0.369 e. The van der Waals surface area contributed by atoms with Gasteiger partial charge in [-0.1, -0.05) is 23.7 Å². The van der Waals surface area contributed by atoms with Gasteiger partial charge in [0.1, 0.15) is 11.9 Å². The molecule has 1 amide bonds. The van der Waals surface area contributed by atoms with Crippen LogP contribution in [0.5, 0.6) is 0 Å². The van der Waals surface area contributed by atoms with Gasteiger partial charge in [0.05, 0.1) is 18.7 Å². The Morgan fingerprint density at radius 1 is 1.25 bits per heavy atom. The Morgan fingerprint density at radius 2 is 1.96 bits per heavy atom. The SMILES string of the molecule is CC1(C)COC(c2cccc(Cl)c2)CN1C(=O)c1ccc(F)cc1. The highest BCUT2D eigenvalue weighted by Gasteiger charge is 2.38. The van der Waals surface area contributed by atoms with Crippen LogP contribution in [0, 0.1) is 5.82 Å². The van der Waals surface area contributed by atoms with Crippen molar-refractivity contribution in [1.82, 2.24) is 4.90 Å². The van der Waals surface area contributed by atoms with Gasteiger partial charge in [0.2, 0.25) is 0 Å². The van der Waals surface area contributed by atoms with E-state index in [1.165, 1.54) is 24.3 Å². The molecule has 1 atom stereocenters. The van der Waals surface area contributed by atoms with E-state index in [2.05, 4.69) is 0 Å². The van der Waals surface area contributed by atoms with Crippen molar-refractivity contribution in [2.24, 2.45) is 0 Å². The summed E-state index contributed by atoms with van der Waals surface area (Å²) in [5.41, 5.74) is 0.965. The van der Waals surface area contributed by atoms with E-state index in [1.807, 2.05) is 32.0 Å². The van der Waals surface area contributed by atoms with Gasteiger partial charge < -0.3 is 9.64 Å². The molecule has 3 rings (SSSR count). The molecule has 0 aliphatic carbocycles. The Kier molecular flexibility index (Phi) is 4.61. The van der Waals surface area contributed by atoms with Crippen molar-refractivity contribution in [2.45, 2.75) is 25.5 Å². The minimum atomic E-state index is -0.444. The van der Waals surface area contributed by atoms with Crippen LogP contribution in [0.4, 0.5) is 4.39 Å². The Labute approximate surface area is 146 Å². The van der Waals surface area contributed by atoms with E-state index in [4.69, 9.17) is 16.3 Å².